The molecule has 0 aromatic heterocycles. The quantitative estimate of drug-likeness (QED) is 0.291. The van der Waals surface area contributed by atoms with E-state index in [2.05, 4.69) is 12.2 Å². The van der Waals surface area contributed by atoms with Gasteiger partial charge in [0, 0.05) is 72.1 Å². The number of unbranched alkanes of at least 4 members (excludes halogenated alkanes) is 8. The van der Waals surface area contributed by atoms with Gasteiger partial charge in [-0.25, -0.2) is 0 Å². The standard InChI is InChI=1S/C14H30N2O2.2Na/c1-2-3-4-5-6-7-8-9-10-11-13(17)16-14(18)12-15;;/h14,18H,2-12,15H2,1H3,(H,16,17);;. The van der Waals surface area contributed by atoms with Crippen molar-refractivity contribution in [1.82, 2.24) is 5.32 Å². The van der Waals surface area contributed by atoms with Gasteiger partial charge in [-0.15, -0.1) is 0 Å². The average molecular weight is 304 g/mol. The van der Waals surface area contributed by atoms with Crippen molar-refractivity contribution in [3.05, 3.63) is 0 Å². The molecular formula is C14H30N2Na2O2. The molecule has 0 aliphatic rings. The van der Waals surface area contributed by atoms with Gasteiger partial charge in [0.15, 0.2) is 0 Å². The van der Waals surface area contributed by atoms with Gasteiger partial charge in [-0.05, 0) is 6.42 Å². The first-order chi connectivity index (χ1) is 8.70. The van der Waals surface area contributed by atoms with Crippen LogP contribution in [0.5, 0.6) is 0 Å². The van der Waals surface area contributed by atoms with Crippen LogP contribution in [0, 0.1) is 0 Å². The molecule has 4 nitrogen and oxygen atoms in total. The Bertz CT molecular complexity index is 208. The summed E-state index contributed by atoms with van der Waals surface area (Å²) in [6, 6.07) is 0. The number of amides is 1. The van der Waals surface area contributed by atoms with E-state index in [1.807, 2.05) is 0 Å². The topological polar surface area (TPSA) is 75.3 Å². The molecule has 0 fully saturated rings. The summed E-state index contributed by atoms with van der Waals surface area (Å²) in [5, 5.41) is 11.6. The van der Waals surface area contributed by atoms with Gasteiger partial charge in [0.1, 0.15) is 6.23 Å². The van der Waals surface area contributed by atoms with Gasteiger partial charge in [-0.2, -0.15) is 0 Å². The smallest absolute Gasteiger partial charge is 0.222 e. The van der Waals surface area contributed by atoms with E-state index in [1.165, 1.54) is 44.9 Å². The summed E-state index contributed by atoms with van der Waals surface area (Å²) in [6.07, 6.45) is 10.7. The van der Waals surface area contributed by atoms with Crippen molar-refractivity contribution in [2.75, 3.05) is 6.54 Å². The van der Waals surface area contributed by atoms with Crippen LogP contribution in [0.15, 0.2) is 0 Å². The van der Waals surface area contributed by atoms with Gasteiger partial charge in [-0.1, -0.05) is 58.3 Å². The largest absolute Gasteiger partial charge is 0.372 e. The molecule has 0 aromatic carbocycles. The number of carbonyl (C=O) groups is 1. The number of nitrogens with one attached hydrogen (secondary N) is 1. The molecule has 20 heavy (non-hydrogen) atoms. The van der Waals surface area contributed by atoms with Crippen molar-refractivity contribution in [3.8, 4) is 0 Å². The predicted molar refractivity (Wildman–Crippen MR) is 86.6 cm³/mol. The molecule has 1 atom stereocenters. The Morgan fingerprint density at radius 1 is 1.00 bits per heavy atom. The van der Waals surface area contributed by atoms with Crippen LogP contribution in [0.2, 0.25) is 0 Å². The zero-order valence-electron chi connectivity index (χ0n) is 13.8. The van der Waals surface area contributed by atoms with Gasteiger partial charge in [0.25, 0.3) is 0 Å². The fourth-order valence-corrected chi connectivity index (χ4v) is 1.91. The van der Waals surface area contributed by atoms with Gasteiger partial charge < -0.3 is 16.2 Å². The van der Waals surface area contributed by atoms with E-state index in [-0.39, 0.29) is 71.6 Å². The maximum Gasteiger partial charge on any atom is 0.222 e. The first-order valence-corrected chi connectivity index (χ1v) is 7.38. The van der Waals surface area contributed by atoms with E-state index in [9.17, 15) is 4.79 Å². The number of aliphatic hydroxyl groups excluding tert-OH is 1. The van der Waals surface area contributed by atoms with Crippen LogP contribution in [0.3, 0.4) is 0 Å². The molecule has 0 rings (SSSR count). The third-order valence-electron chi connectivity index (χ3n) is 3.06. The predicted octanol–water partition coefficient (Wildman–Crippen LogP) is 1.54. The van der Waals surface area contributed by atoms with Crippen molar-refractivity contribution in [1.29, 1.82) is 0 Å². The van der Waals surface area contributed by atoms with Crippen molar-refractivity contribution >= 4 is 65.0 Å². The van der Waals surface area contributed by atoms with Gasteiger partial charge >= 0.3 is 0 Å². The molecule has 110 valence electrons. The minimum absolute atomic E-state index is 0. The number of carbonyl (C=O) groups excluding carboxylic acids is 1. The Hall–Kier alpha value is 1.39. The van der Waals surface area contributed by atoms with Crippen LogP contribution in [-0.4, -0.2) is 82.9 Å². The summed E-state index contributed by atoms with van der Waals surface area (Å²) in [4.78, 5) is 11.3. The monoisotopic (exact) mass is 304 g/mol. The van der Waals surface area contributed by atoms with Crippen molar-refractivity contribution in [3.63, 3.8) is 0 Å². The summed E-state index contributed by atoms with van der Waals surface area (Å²) in [5.74, 6) is -0.101. The SMILES string of the molecule is CCCCCCCCCCCC(=O)NC(O)CN.[Na].[Na]. The molecule has 0 aliphatic heterocycles. The maximum atomic E-state index is 11.3. The first-order valence-electron chi connectivity index (χ1n) is 7.38. The van der Waals surface area contributed by atoms with E-state index in [1.54, 1.807) is 0 Å². The Morgan fingerprint density at radius 3 is 1.90 bits per heavy atom. The van der Waals surface area contributed by atoms with Gasteiger partial charge in [0.2, 0.25) is 5.91 Å². The number of aliphatic hydroxyl groups is 1. The molecule has 2 radical (unpaired) electrons. The number of nitrogens with two attached hydrogens (primary N) is 1. The first kappa shape index (κ1) is 26.3. The Kier molecular flexibility index (Phi) is 26.8. The van der Waals surface area contributed by atoms with Crippen LogP contribution >= 0.6 is 0 Å². The molecule has 0 saturated carbocycles. The number of rotatable bonds is 12. The molecule has 1 amide bonds. The average Bonchev–Trinajstić information content (AvgIpc) is 2.36. The molecule has 0 saturated heterocycles. The zero-order chi connectivity index (χ0) is 13.6. The minimum atomic E-state index is -0.893. The molecule has 0 bridgehead atoms. The third-order valence-corrected chi connectivity index (χ3v) is 3.06. The second-order valence-electron chi connectivity index (χ2n) is 4.90. The molecule has 0 heterocycles. The van der Waals surface area contributed by atoms with Gasteiger partial charge in [-0.3, -0.25) is 4.79 Å². The summed E-state index contributed by atoms with van der Waals surface area (Å²) < 4.78 is 0. The summed E-state index contributed by atoms with van der Waals surface area (Å²) in [5.41, 5.74) is 5.20. The molecule has 6 heteroatoms. The molecule has 1 unspecified atom stereocenters. The molecule has 0 spiro atoms. The second kappa shape index (κ2) is 20.4. The third kappa shape index (κ3) is 19.4. The van der Waals surface area contributed by atoms with Crippen LogP contribution in [0.4, 0.5) is 0 Å². The fourth-order valence-electron chi connectivity index (χ4n) is 1.91. The van der Waals surface area contributed by atoms with E-state index >= 15 is 0 Å². The Balaban J connectivity index is -0.00000144. The Labute approximate surface area is 168 Å². The molecule has 0 aliphatic carbocycles. The van der Waals surface area contributed by atoms with Gasteiger partial charge in [0.05, 0.1) is 0 Å². The van der Waals surface area contributed by atoms with E-state index in [0.717, 1.165) is 12.8 Å². The zero-order valence-corrected chi connectivity index (χ0v) is 17.8. The summed E-state index contributed by atoms with van der Waals surface area (Å²) in [7, 11) is 0. The second-order valence-corrected chi connectivity index (χ2v) is 4.90. The van der Waals surface area contributed by atoms with Crippen LogP contribution in [-0.2, 0) is 4.79 Å². The molecule has 0 aromatic rings. The number of hydrogen-bond acceptors (Lipinski definition) is 3. The Morgan fingerprint density at radius 2 is 1.45 bits per heavy atom. The molecule has 4 N–H and O–H groups in total. The van der Waals surface area contributed by atoms with E-state index in [0.29, 0.717) is 6.42 Å². The number of hydrogen-bond donors (Lipinski definition) is 3. The normalized spacial score (nSPS) is 11.2. The van der Waals surface area contributed by atoms with E-state index < -0.39 is 6.23 Å². The molecular weight excluding hydrogens is 274 g/mol. The maximum absolute atomic E-state index is 11.3. The van der Waals surface area contributed by atoms with Crippen LogP contribution < -0.4 is 11.1 Å². The van der Waals surface area contributed by atoms with Crippen molar-refractivity contribution in [2.45, 2.75) is 77.4 Å². The summed E-state index contributed by atoms with van der Waals surface area (Å²) >= 11 is 0. The minimum Gasteiger partial charge on any atom is -0.372 e. The van der Waals surface area contributed by atoms with Crippen LogP contribution in [0.1, 0.15) is 71.1 Å². The van der Waals surface area contributed by atoms with E-state index in [4.69, 9.17) is 10.8 Å². The van der Waals surface area contributed by atoms with Crippen LogP contribution in [0.25, 0.3) is 0 Å². The summed E-state index contributed by atoms with van der Waals surface area (Å²) in [6.45, 7) is 2.30. The fraction of sp³-hybridized carbons (Fsp3) is 0.929. The van der Waals surface area contributed by atoms with Crippen molar-refractivity contribution in [2.24, 2.45) is 5.73 Å². The van der Waals surface area contributed by atoms with Crippen molar-refractivity contribution < 1.29 is 9.90 Å².